The molecule has 0 aliphatic carbocycles. The normalized spacial score (nSPS) is 23.5. The first-order valence-electron chi connectivity index (χ1n) is 7.17. The number of alkyl halides is 5. The molecule has 1 aromatic carbocycles. The van der Waals surface area contributed by atoms with E-state index in [9.17, 15) is 22.8 Å². The van der Waals surface area contributed by atoms with Gasteiger partial charge >= 0.3 is 6.36 Å². The lowest BCUT2D eigenvalue weighted by Crippen LogP contribution is -2.60. The number of amides is 1. The molecule has 0 aromatic heterocycles. The molecule has 1 aliphatic rings. The molecule has 0 radical (unpaired) electrons. The lowest BCUT2D eigenvalue weighted by atomic mass is 9.86. The van der Waals surface area contributed by atoms with Crippen LogP contribution in [-0.2, 0) is 9.59 Å². The van der Waals surface area contributed by atoms with Crippen molar-refractivity contribution in [3.05, 3.63) is 24.3 Å². The smallest absolute Gasteiger partial charge is 0.406 e. The predicted octanol–water partition coefficient (Wildman–Crippen LogP) is 2.82. The highest BCUT2D eigenvalue weighted by Crippen LogP contribution is 2.34. The Bertz CT molecular complexity index is 697. The maximum absolute atomic E-state index is 12.6. The van der Waals surface area contributed by atoms with Crippen LogP contribution in [0, 0.1) is 0 Å². The van der Waals surface area contributed by atoms with Crippen molar-refractivity contribution >= 4 is 40.6 Å². The zero-order valence-corrected chi connectivity index (χ0v) is 14.6. The number of ketones is 1. The van der Waals surface area contributed by atoms with Gasteiger partial charge < -0.3 is 15.4 Å². The van der Waals surface area contributed by atoms with Crippen LogP contribution >= 0.6 is 23.2 Å². The van der Waals surface area contributed by atoms with Crippen LogP contribution in [0.4, 0.5) is 18.9 Å². The van der Waals surface area contributed by atoms with Gasteiger partial charge in [-0.1, -0.05) is 6.07 Å². The van der Waals surface area contributed by atoms with Gasteiger partial charge in [-0.05, 0) is 25.5 Å². The summed E-state index contributed by atoms with van der Waals surface area (Å²) in [6.07, 6.45) is -4.89. The number of nitrogens with zero attached hydrogens (tertiary/aromatic N) is 1. The molecule has 1 heterocycles. The lowest BCUT2D eigenvalue weighted by molar-refractivity contribution is -0.274. The van der Waals surface area contributed by atoms with E-state index in [0.717, 1.165) is 17.0 Å². The van der Waals surface area contributed by atoms with Crippen LogP contribution < -0.4 is 15.4 Å². The van der Waals surface area contributed by atoms with Gasteiger partial charge in [-0.3, -0.25) is 9.59 Å². The Morgan fingerprint density at radius 3 is 2.64 bits per heavy atom. The number of anilines is 1. The zero-order valence-electron chi connectivity index (χ0n) is 13.1. The van der Waals surface area contributed by atoms with Crippen LogP contribution in [0.5, 0.6) is 5.75 Å². The Morgan fingerprint density at radius 2 is 2.08 bits per heavy atom. The largest absolute Gasteiger partial charge is 0.573 e. The molecule has 2 atom stereocenters. The van der Waals surface area contributed by atoms with Crippen LogP contribution in [0.3, 0.4) is 0 Å². The molecular weight excluding hydrogens is 384 g/mol. The van der Waals surface area contributed by atoms with Crippen molar-refractivity contribution in [2.24, 2.45) is 5.73 Å². The number of ether oxygens (including phenoxy) is 1. The molecule has 2 unspecified atom stereocenters. The minimum Gasteiger partial charge on any atom is -0.406 e. The number of benzene rings is 1. The second-order valence-electron chi connectivity index (χ2n) is 5.88. The third kappa shape index (κ3) is 4.02. The van der Waals surface area contributed by atoms with E-state index in [1.807, 2.05) is 0 Å². The van der Waals surface area contributed by atoms with E-state index in [2.05, 4.69) is 4.74 Å². The molecule has 1 amide bonds. The molecule has 0 spiro atoms. The predicted molar refractivity (Wildman–Crippen MR) is 87.0 cm³/mol. The Hall–Kier alpha value is -1.51. The molecular formula is C15H15Cl2F3N2O3. The molecule has 10 heteroatoms. The minimum absolute atomic E-state index is 0.0335. The summed E-state index contributed by atoms with van der Waals surface area (Å²) < 4.78 is 40.8. The highest BCUT2D eigenvalue weighted by molar-refractivity contribution is 6.43. The molecule has 25 heavy (non-hydrogen) atoms. The quantitative estimate of drug-likeness (QED) is 0.611. The van der Waals surface area contributed by atoms with Crippen LogP contribution in [0.15, 0.2) is 24.3 Å². The Balaban J connectivity index is 2.28. The molecule has 5 nitrogen and oxygen atoms in total. The molecule has 138 valence electrons. The number of Topliss-reactive ketones (excluding diaryl/α,β-unsaturated/α-hetero) is 1. The molecule has 2 rings (SSSR count). The van der Waals surface area contributed by atoms with Crippen molar-refractivity contribution in [2.75, 3.05) is 17.3 Å². The highest BCUT2D eigenvalue weighted by atomic mass is 35.5. The van der Waals surface area contributed by atoms with Gasteiger partial charge in [0.25, 0.3) is 5.91 Å². The molecule has 1 aromatic rings. The van der Waals surface area contributed by atoms with Gasteiger partial charge in [0, 0.05) is 24.2 Å². The summed E-state index contributed by atoms with van der Waals surface area (Å²) >= 11 is 11.7. The monoisotopic (exact) mass is 398 g/mol. The summed E-state index contributed by atoms with van der Waals surface area (Å²) in [7, 11) is 0. The fraction of sp³-hybridized carbons (Fsp3) is 0.467. The first kappa shape index (κ1) is 19.8. The number of carbonyl (C=O) groups is 2. The van der Waals surface area contributed by atoms with Crippen molar-refractivity contribution in [3.63, 3.8) is 0 Å². The van der Waals surface area contributed by atoms with Crippen LogP contribution in [-0.4, -0.2) is 40.9 Å². The molecule has 0 bridgehead atoms. The van der Waals surface area contributed by atoms with Gasteiger partial charge in [0.15, 0.2) is 11.3 Å². The van der Waals surface area contributed by atoms with E-state index < -0.39 is 34.2 Å². The first-order valence-corrected chi connectivity index (χ1v) is 8.08. The molecule has 2 N–H and O–H groups in total. The number of halogens is 5. The van der Waals surface area contributed by atoms with Crippen molar-refractivity contribution in [1.82, 2.24) is 0 Å². The van der Waals surface area contributed by atoms with Crippen LogP contribution in [0.2, 0.25) is 0 Å². The topological polar surface area (TPSA) is 72.6 Å². The maximum Gasteiger partial charge on any atom is 0.573 e. The number of hydrogen-bond donors (Lipinski definition) is 1. The fourth-order valence-corrected chi connectivity index (χ4v) is 2.86. The average Bonchev–Trinajstić information content (AvgIpc) is 2.82. The van der Waals surface area contributed by atoms with E-state index in [1.165, 1.54) is 19.1 Å². The summed E-state index contributed by atoms with van der Waals surface area (Å²) in [6.45, 7) is 1.40. The molecule has 1 saturated heterocycles. The van der Waals surface area contributed by atoms with Gasteiger partial charge in [0.1, 0.15) is 10.6 Å². The van der Waals surface area contributed by atoms with Crippen molar-refractivity contribution in [1.29, 1.82) is 0 Å². The summed E-state index contributed by atoms with van der Waals surface area (Å²) in [6, 6.07) is 4.86. The molecule has 0 saturated carbocycles. The van der Waals surface area contributed by atoms with Crippen LogP contribution in [0.25, 0.3) is 0 Å². The molecule has 1 aliphatic heterocycles. The fourth-order valence-electron chi connectivity index (χ4n) is 2.57. The standard InChI is InChI=1S/C15H15Cl2F3N2O3/c1-13(17,8-16)11(23)14(21)5-6-22(12(14)24)9-3-2-4-10(7-9)25-15(18,19)20/h2-4,7H,5-6,8,21H2,1H3. The third-order valence-electron chi connectivity index (χ3n) is 3.85. The van der Waals surface area contributed by atoms with Crippen molar-refractivity contribution < 1.29 is 27.5 Å². The summed E-state index contributed by atoms with van der Waals surface area (Å²) in [5.74, 6) is -2.21. The van der Waals surface area contributed by atoms with Gasteiger partial charge in [-0.2, -0.15) is 0 Å². The number of nitrogens with two attached hydrogens (primary N) is 1. The van der Waals surface area contributed by atoms with Gasteiger partial charge in [0.2, 0.25) is 0 Å². The van der Waals surface area contributed by atoms with E-state index >= 15 is 0 Å². The number of hydrogen-bond acceptors (Lipinski definition) is 4. The Morgan fingerprint density at radius 1 is 1.44 bits per heavy atom. The number of rotatable bonds is 5. The second kappa shape index (κ2) is 6.66. The SMILES string of the molecule is CC(Cl)(CCl)C(=O)C1(N)CCN(c2cccc(OC(F)(F)F)c2)C1=O. The van der Waals surface area contributed by atoms with Crippen molar-refractivity contribution in [2.45, 2.75) is 30.1 Å². The lowest BCUT2D eigenvalue weighted by Gasteiger charge is -2.28. The Labute approximate surface area is 151 Å². The Kier molecular flexibility index (Phi) is 5.28. The summed E-state index contributed by atoms with van der Waals surface area (Å²) in [4.78, 5) is 24.7. The average molecular weight is 399 g/mol. The third-order valence-corrected chi connectivity index (χ3v) is 4.83. The molecule has 1 fully saturated rings. The minimum atomic E-state index is -4.86. The van der Waals surface area contributed by atoms with E-state index in [-0.39, 0.29) is 24.5 Å². The summed E-state index contributed by atoms with van der Waals surface area (Å²) in [5, 5.41) is 0. The summed E-state index contributed by atoms with van der Waals surface area (Å²) in [5.41, 5.74) is 4.23. The van der Waals surface area contributed by atoms with Gasteiger partial charge in [-0.25, -0.2) is 0 Å². The highest BCUT2D eigenvalue weighted by Gasteiger charge is 2.54. The van der Waals surface area contributed by atoms with Crippen LogP contribution in [0.1, 0.15) is 13.3 Å². The van der Waals surface area contributed by atoms with E-state index in [1.54, 1.807) is 0 Å². The van der Waals surface area contributed by atoms with E-state index in [4.69, 9.17) is 28.9 Å². The zero-order chi connectivity index (χ0) is 19.0. The number of carbonyl (C=O) groups excluding carboxylic acids is 2. The van der Waals surface area contributed by atoms with Gasteiger partial charge in [0.05, 0.1) is 0 Å². The van der Waals surface area contributed by atoms with Crippen molar-refractivity contribution in [3.8, 4) is 5.75 Å². The first-order chi connectivity index (χ1) is 11.4. The second-order valence-corrected chi connectivity index (χ2v) is 6.98. The van der Waals surface area contributed by atoms with E-state index in [0.29, 0.717) is 0 Å². The van der Waals surface area contributed by atoms with Gasteiger partial charge in [-0.15, -0.1) is 36.4 Å². The maximum atomic E-state index is 12.6.